The molecule has 112 valence electrons. The van der Waals surface area contributed by atoms with Crippen LogP contribution in [0.25, 0.3) is 0 Å². The van der Waals surface area contributed by atoms with Crippen molar-refractivity contribution in [2.75, 3.05) is 13.1 Å². The fourth-order valence-electron chi connectivity index (χ4n) is 3.84. The lowest BCUT2D eigenvalue weighted by molar-refractivity contribution is -0.00712. The Labute approximate surface area is 123 Å². The maximum Gasteiger partial charge on any atom is 0.0544 e. The van der Waals surface area contributed by atoms with Crippen molar-refractivity contribution < 1.29 is 0 Å². The fraction of sp³-hybridized carbons (Fsp3) is 0.706. The average molecular weight is 275 g/mol. The molecule has 0 bridgehead atoms. The van der Waals surface area contributed by atoms with Gasteiger partial charge in [-0.2, -0.15) is 0 Å². The van der Waals surface area contributed by atoms with Crippen LogP contribution in [0.5, 0.6) is 0 Å². The predicted octanol–water partition coefficient (Wildman–Crippen LogP) is 3.06. The van der Waals surface area contributed by atoms with E-state index in [1.54, 1.807) is 0 Å². The van der Waals surface area contributed by atoms with E-state index in [4.69, 9.17) is 5.73 Å². The highest BCUT2D eigenvalue weighted by molar-refractivity contribution is 5.07. The zero-order valence-electron chi connectivity index (χ0n) is 13.2. The van der Waals surface area contributed by atoms with Gasteiger partial charge in [0.25, 0.3) is 0 Å². The summed E-state index contributed by atoms with van der Waals surface area (Å²) in [5.74, 6) is 1.43. The lowest BCUT2D eigenvalue weighted by atomic mass is 9.68. The van der Waals surface area contributed by atoms with Gasteiger partial charge in [0, 0.05) is 24.8 Å². The molecule has 1 saturated carbocycles. The standard InChI is InChI=1S/C17H29N3/c1-4-20(12-16-7-5-6-10-19-16)17(13-18)11-14(2)8-9-15(17)3/h5-7,10,14-15H,4,8-9,11-13,18H2,1-3H3. The van der Waals surface area contributed by atoms with Gasteiger partial charge in [-0.1, -0.05) is 33.3 Å². The SMILES string of the molecule is CCN(Cc1ccccn1)C1(CN)CC(C)CCC1C. The largest absolute Gasteiger partial charge is 0.329 e. The average Bonchev–Trinajstić information content (AvgIpc) is 2.48. The topological polar surface area (TPSA) is 42.2 Å². The third-order valence-electron chi connectivity index (χ3n) is 5.16. The first kappa shape index (κ1) is 15.5. The van der Waals surface area contributed by atoms with E-state index >= 15 is 0 Å². The van der Waals surface area contributed by atoms with Crippen molar-refractivity contribution in [1.29, 1.82) is 0 Å². The highest BCUT2D eigenvalue weighted by Crippen LogP contribution is 2.41. The molecule has 20 heavy (non-hydrogen) atoms. The van der Waals surface area contributed by atoms with Crippen molar-refractivity contribution >= 4 is 0 Å². The first-order chi connectivity index (χ1) is 9.62. The second kappa shape index (κ2) is 6.68. The monoisotopic (exact) mass is 275 g/mol. The first-order valence-electron chi connectivity index (χ1n) is 7.97. The van der Waals surface area contributed by atoms with Crippen LogP contribution in [0.4, 0.5) is 0 Å². The van der Waals surface area contributed by atoms with E-state index in [1.165, 1.54) is 19.3 Å². The molecule has 0 spiro atoms. The summed E-state index contributed by atoms with van der Waals surface area (Å²) in [6, 6.07) is 6.16. The summed E-state index contributed by atoms with van der Waals surface area (Å²) < 4.78 is 0. The summed E-state index contributed by atoms with van der Waals surface area (Å²) in [6.07, 6.45) is 5.72. The maximum atomic E-state index is 6.26. The summed E-state index contributed by atoms with van der Waals surface area (Å²) in [6.45, 7) is 9.67. The molecule has 0 aromatic carbocycles. The van der Waals surface area contributed by atoms with Gasteiger partial charge in [-0.3, -0.25) is 9.88 Å². The van der Waals surface area contributed by atoms with Crippen LogP contribution in [-0.4, -0.2) is 28.5 Å². The molecule has 3 unspecified atom stereocenters. The molecule has 1 fully saturated rings. The smallest absolute Gasteiger partial charge is 0.0544 e. The predicted molar refractivity (Wildman–Crippen MR) is 84.3 cm³/mol. The first-order valence-corrected chi connectivity index (χ1v) is 7.97. The van der Waals surface area contributed by atoms with Crippen LogP contribution in [0.3, 0.4) is 0 Å². The van der Waals surface area contributed by atoms with Crippen LogP contribution in [-0.2, 0) is 6.54 Å². The lowest BCUT2D eigenvalue weighted by Crippen LogP contribution is -2.60. The van der Waals surface area contributed by atoms with Gasteiger partial charge in [0.15, 0.2) is 0 Å². The number of aromatic nitrogens is 1. The molecule has 3 nitrogen and oxygen atoms in total. The van der Waals surface area contributed by atoms with Crippen molar-refractivity contribution in [3.63, 3.8) is 0 Å². The van der Waals surface area contributed by atoms with Crippen LogP contribution in [0.1, 0.15) is 45.7 Å². The molecule has 0 aliphatic heterocycles. The highest BCUT2D eigenvalue weighted by Gasteiger charge is 2.43. The Bertz CT molecular complexity index is 406. The molecule has 0 radical (unpaired) electrons. The summed E-state index contributed by atoms with van der Waals surface area (Å²) >= 11 is 0. The van der Waals surface area contributed by atoms with Gasteiger partial charge >= 0.3 is 0 Å². The lowest BCUT2D eigenvalue weighted by Gasteiger charge is -2.51. The van der Waals surface area contributed by atoms with Gasteiger partial charge in [0.05, 0.1) is 5.69 Å². The van der Waals surface area contributed by atoms with Crippen molar-refractivity contribution in [3.05, 3.63) is 30.1 Å². The van der Waals surface area contributed by atoms with Gasteiger partial charge in [-0.25, -0.2) is 0 Å². The Kier molecular flexibility index (Phi) is 5.17. The van der Waals surface area contributed by atoms with E-state index in [9.17, 15) is 0 Å². The van der Waals surface area contributed by atoms with Gasteiger partial charge in [0.1, 0.15) is 0 Å². The molecule has 1 aliphatic rings. The minimum atomic E-state index is 0.143. The summed E-state index contributed by atoms with van der Waals surface area (Å²) in [5, 5.41) is 0. The maximum absolute atomic E-state index is 6.26. The number of nitrogens with two attached hydrogens (primary N) is 1. The van der Waals surface area contributed by atoms with Crippen LogP contribution in [0, 0.1) is 11.8 Å². The van der Waals surface area contributed by atoms with Crippen molar-refractivity contribution in [1.82, 2.24) is 9.88 Å². The van der Waals surface area contributed by atoms with E-state index in [2.05, 4.69) is 42.8 Å². The Morgan fingerprint density at radius 2 is 2.15 bits per heavy atom. The number of rotatable bonds is 5. The minimum Gasteiger partial charge on any atom is -0.329 e. The molecular formula is C17H29N3. The highest BCUT2D eigenvalue weighted by atomic mass is 15.2. The van der Waals surface area contributed by atoms with Crippen molar-refractivity contribution in [2.24, 2.45) is 17.6 Å². The zero-order valence-corrected chi connectivity index (χ0v) is 13.2. The van der Waals surface area contributed by atoms with Crippen molar-refractivity contribution in [3.8, 4) is 0 Å². The Morgan fingerprint density at radius 1 is 1.35 bits per heavy atom. The van der Waals surface area contributed by atoms with Crippen LogP contribution in [0.15, 0.2) is 24.4 Å². The summed E-state index contributed by atoms with van der Waals surface area (Å²) in [4.78, 5) is 7.05. The number of likely N-dealkylation sites (N-methyl/N-ethyl adjacent to an activating group) is 1. The molecule has 1 aliphatic carbocycles. The molecule has 0 amide bonds. The van der Waals surface area contributed by atoms with E-state index in [1.807, 2.05) is 12.3 Å². The summed E-state index contributed by atoms with van der Waals surface area (Å²) in [5.41, 5.74) is 7.55. The third kappa shape index (κ3) is 3.04. The molecule has 3 atom stereocenters. The molecule has 2 rings (SSSR count). The second-order valence-electron chi connectivity index (χ2n) is 6.43. The quantitative estimate of drug-likeness (QED) is 0.898. The van der Waals surface area contributed by atoms with E-state index in [0.717, 1.165) is 31.2 Å². The number of pyridine rings is 1. The van der Waals surface area contributed by atoms with Crippen molar-refractivity contribution in [2.45, 2.75) is 52.1 Å². The third-order valence-corrected chi connectivity index (χ3v) is 5.16. The van der Waals surface area contributed by atoms with Gasteiger partial charge in [-0.05, 0) is 43.4 Å². The van der Waals surface area contributed by atoms with E-state index in [0.29, 0.717) is 5.92 Å². The summed E-state index contributed by atoms with van der Waals surface area (Å²) in [7, 11) is 0. The Hall–Kier alpha value is -0.930. The second-order valence-corrected chi connectivity index (χ2v) is 6.43. The molecule has 0 saturated heterocycles. The van der Waals surface area contributed by atoms with Gasteiger partial charge < -0.3 is 5.73 Å². The molecule has 1 aromatic heterocycles. The Morgan fingerprint density at radius 3 is 2.75 bits per heavy atom. The Balaban J connectivity index is 2.22. The number of nitrogens with zero attached hydrogens (tertiary/aromatic N) is 2. The van der Waals surface area contributed by atoms with Crippen LogP contribution in [0.2, 0.25) is 0 Å². The fourth-order valence-corrected chi connectivity index (χ4v) is 3.84. The normalized spacial score (nSPS) is 30.6. The van der Waals surface area contributed by atoms with E-state index < -0.39 is 0 Å². The number of hydrogen-bond donors (Lipinski definition) is 1. The molecular weight excluding hydrogens is 246 g/mol. The van der Waals surface area contributed by atoms with Gasteiger partial charge in [-0.15, -0.1) is 0 Å². The molecule has 1 heterocycles. The molecule has 2 N–H and O–H groups in total. The van der Waals surface area contributed by atoms with E-state index in [-0.39, 0.29) is 5.54 Å². The zero-order chi connectivity index (χ0) is 14.6. The number of hydrogen-bond acceptors (Lipinski definition) is 3. The minimum absolute atomic E-state index is 0.143. The molecule has 3 heteroatoms. The van der Waals surface area contributed by atoms with Gasteiger partial charge in [0.2, 0.25) is 0 Å². The molecule has 1 aromatic rings. The van der Waals surface area contributed by atoms with Crippen LogP contribution >= 0.6 is 0 Å². The van der Waals surface area contributed by atoms with Crippen LogP contribution < -0.4 is 5.73 Å².